The van der Waals surface area contributed by atoms with E-state index in [-0.39, 0.29) is 6.09 Å². The number of nitrogen functional groups attached to an aromatic ring is 1. The van der Waals surface area contributed by atoms with Gasteiger partial charge in [0.25, 0.3) is 0 Å². The number of rotatable bonds is 3. The number of ether oxygens (including phenoxy) is 1. The Morgan fingerprint density at radius 2 is 2.14 bits per heavy atom. The first kappa shape index (κ1) is 15.5. The second-order valence-corrected chi connectivity index (χ2v) is 6.54. The summed E-state index contributed by atoms with van der Waals surface area (Å²) in [5.41, 5.74) is 7.44. The lowest BCUT2D eigenvalue weighted by Crippen LogP contribution is -2.36. The largest absolute Gasteiger partial charge is 0.444 e. The number of nitrogens with one attached hydrogen (secondary N) is 1. The molecular formula is C16H25N3O2. The third kappa shape index (κ3) is 4.55. The average molecular weight is 291 g/mol. The molecule has 2 rings (SSSR count). The van der Waals surface area contributed by atoms with Gasteiger partial charge >= 0.3 is 6.09 Å². The molecule has 0 saturated carbocycles. The van der Waals surface area contributed by atoms with Crippen molar-refractivity contribution in [3.8, 4) is 0 Å². The topological polar surface area (TPSA) is 67.6 Å². The molecule has 1 aromatic carbocycles. The summed E-state index contributed by atoms with van der Waals surface area (Å²) in [5.74, 6) is 0.428. The maximum atomic E-state index is 11.7. The molecule has 1 saturated heterocycles. The smallest absolute Gasteiger partial charge is 0.407 e. The van der Waals surface area contributed by atoms with Crippen molar-refractivity contribution in [2.24, 2.45) is 5.92 Å². The van der Waals surface area contributed by atoms with Gasteiger partial charge in [0.2, 0.25) is 0 Å². The molecule has 5 nitrogen and oxygen atoms in total. The van der Waals surface area contributed by atoms with E-state index in [0.29, 0.717) is 12.5 Å². The molecule has 0 aromatic heterocycles. The van der Waals surface area contributed by atoms with Crippen LogP contribution in [-0.4, -0.2) is 31.3 Å². The zero-order valence-electron chi connectivity index (χ0n) is 13.1. The molecule has 0 aliphatic carbocycles. The molecule has 1 fully saturated rings. The summed E-state index contributed by atoms with van der Waals surface area (Å²) in [6, 6.07) is 7.90. The van der Waals surface area contributed by atoms with Crippen molar-refractivity contribution in [3.05, 3.63) is 24.3 Å². The first-order valence-electron chi connectivity index (χ1n) is 7.41. The van der Waals surface area contributed by atoms with E-state index in [9.17, 15) is 4.79 Å². The number of benzene rings is 1. The van der Waals surface area contributed by atoms with E-state index >= 15 is 0 Å². The van der Waals surface area contributed by atoms with Crippen LogP contribution in [0.4, 0.5) is 16.2 Å². The molecule has 1 atom stereocenters. The Kier molecular flexibility index (Phi) is 4.60. The molecular weight excluding hydrogens is 266 g/mol. The fraction of sp³-hybridized carbons (Fsp3) is 0.562. The molecule has 3 N–H and O–H groups in total. The molecule has 1 aliphatic rings. The molecule has 1 unspecified atom stereocenters. The molecule has 0 radical (unpaired) electrons. The molecule has 1 amide bonds. The van der Waals surface area contributed by atoms with Gasteiger partial charge in [0.1, 0.15) is 5.60 Å². The molecule has 116 valence electrons. The highest BCUT2D eigenvalue weighted by molar-refractivity contribution is 5.68. The minimum absolute atomic E-state index is 0.347. The van der Waals surface area contributed by atoms with Crippen LogP contribution < -0.4 is 16.0 Å². The van der Waals surface area contributed by atoms with Crippen LogP contribution in [0.2, 0.25) is 0 Å². The van der Waals surface area contributed by atoms with Crippen molar-refractivity contribution in [2.45, 2.75) is 32.8 Å². The third-order valence-corrected chi connectivity index (χ3v) is 3.50. The van der Waals surface area contributed by atoms with E-state index in [1.807, 2.05) is 45.0 Å². The van der Waals surface area contributed by atoms with Gasteiger partial charge in [0.05, 0.1) is 11.4 Å². The van der Waals surface area contributed by atoms with Crippen LogP contribution in [0.5, 0.6) is 0 Å². The Morgan fingerprint density at radius 1 is 1.43 bits per heavy atom. The SMILES string of the molecule is CC(C)(C)OC(=O)NCC1CCN(c2ccccc2N)C1. The number of anilines is 2. The summed E-state index contributed by atoms with van der Waals surface area (Å²) in [7, 11) is 0. The molecule has 21 heavy (non-hydrogen) atoms. The van der Waals surface area contributed by atoms with Crippen molar-refractivity contribution in [1.82, 2.24) is 5.32 Å². The van der Waals surface area contributed by atoms with E-state index in [1.165, 1.54) is 0 Å². The van der Waals surface area contributed by atoms with Gasteiger partial charge in [-0.1, -0.05) is 12.1 Å². The summed E-state index contributed by atoms with van der Waals surface area (Å²) in [4.78, 5) is 13.9. The zero-order valence-corrected chi connectivity index (χ0v) is 13.1. The Balaban J connectivity index is 1.81. The van der Waals surface area contributed by atoms with E-state index in [2.05, 4.69) is 10.2 Å². The van der Waals surface area contributed by atoms with Crippen molar-refractivity contribution in [1.29, 1.82) is 0 Å². The lowest BCUT2D eigenvalue weighted by Gasteiger charge is -2.22. The van der Waals surface area contributed by atoms with E-state index in [1.54, 1.807) is 0 Å². The normalized spacial score (nSPS) is 18.6. The minimum atomic E-state index is -0.454. The summed E-state index contributed by atoms with van der Waals surface area (Å²) in [5, 5.41) is 2.85. The zero-order chi connectivity index (χ0) is 15.5. The highest BCUT2D eigenvalue weighted by atomic mass is 16.6. The second-order valence-electron chi connectivity index (χ2n) is 6.54. The summed E-state index contributed by atoms with van der Waals surface area (Å²) < 4.78 is 5.24. The quantitative estimate of drug-likeness (QED) is 0.840. The van der Waals surface area contributed by atoms with Crippen molar-refractivity contribution in [2.75, 3.05) is 30.3 Å². The fourth-order valence-electron chi connectivity index (χ4n) is 2.54. The maximum Gasteiger partial charge on any atom is 0.407 e. The lowest BCUT2D eigenvalue weighted by molar-refractivity contribution is 0.0520. The highest BCUT2D eigenvalue weighted by Gasteiger charge is 2.25. The first-order chi connectivity index (χ1) is 9.85. The third-order valence-electron chi connectivity index (χ3n) is 3.50. The van der Waals surface area contributed by atoms with Gasteiger partial charge < -0.3 is 20.7 Å². The van der Waals surface area contributed by atoms with Gasteiger partial charge in [-0.05, 0) is 45.2 Å². The number of carbonyl (C=O) groups excluding carboxylic acids is 1. The maximum absolute atomic E-state index is 11.7. The van der Waals surface area contributed by atoms with Crippen LogP contribution in [-0.2, 0) is 4.74 Å². The van der Waals surface area contributed by atoms with Crippen LogP contribution in [0, 0.1) is 5.92 Å². The van der Waals surface area contributed by atoms with Crippen molar-refractivity contribution >= 4 is 17.5 Å². The number of hydrogen-bond acceptors (Lipinski definition) is 4. The molecule has 0 bridgehead atoms. The monoisotopic (exact) mass is 291 g/mol. The van der Waals surface area contributed by atoms with E-state index < -0.39 is 5.60 Å². The number of alkyl carbamates (subject to hydrolysis) is 1. The van der Waals surface area contributed by atoms with Crippen LogP contribution >= 0.6 is 0 Å². The summed E-state index contributed by atoms with van der Waals surface area (Å²) in [6.45, 7) is 8.10. The molecule has 1 aliphatic heterocycles. The number of nitrogens with two attached hydrogens (primary N) is 1. The van der Waals surface area contributed by atoms with Gasteiger partial charge in [-0.2, -0.15) is 0 Å². The Labute approximate surface area is 126 Å². The first-order valence-corrected chi connectivity index (χ1v) is 7.41. The Bertz CT molecular complexity index is 497. The van der Waals surface area contributed by atoms with Gasteiger partial charge in [-0.15, -0.1) is 0 Å². The Morgan fingerprint density at radius 3 is 2.81 bits per heavy atom. The predicted molar refractivity (Wildman–Crippen MR) is 85.4 cm³/mol. The lowest BCUT2D eigenvalue weighted by atomic mass is 10.1. The molecule has 0 spiro atoms. The molecule has 5 heteroatoms. The fourth-order valence-corrected chi connectivity index (χ4v) is 2.54. The van der Waals surface area contributed by atoms with Crippen LogP contribution in [0.1, 0.15) is 27.2 Å². The van der Waals surface area contributed by atoms with Crippen LogP contribution in [0.15, 0.2) is 24.3 Å². The molecule has 1 heterocycles. The average Bonchev–Trinajstić information content (AvgIpc) is 2.83. The number of hydrogen-bond donors (Lipinski definition) is 2. The number of nitrogens with zero attached hydrogens (tertiary/aromatic N) is 1. The Hall–Kier alpha value is -1.91. The minimum Gasteiger partial charge on any atom is -0.444 e. The van der Waals surface area contributed by atoms with Crippen molar-refractivity contribution < 1.29 is 9.53 Å². The summed E-state index contributed by atoms with van der Waals surface area (Å²) in [6.07, 6.45) is 0.699. The van der Waals surface area contributed by atoms with Gasteiger partial charge in [0.15, 0.2) is 0 Å². The number of carbonyl (C=O) groups is 1. The number of para-hydroxylation sites is 2. The summed E-state index contributed by atoms with van der Waals surface area (Å²) >= 11 is 0. The highest BCUT2D eigenvalue weighted by Crippen LogP contribution is 2.28. The van der Waals surface area contributed by atoms with Gasteiger partial charge in [0, 0.05) is 19.6 Å². The van der Waals surface area contributed by atoms with Gasteiger partial charge in [-0.3, -0.25) is 0 Å². The number of amides is 1. The standard InChI is InChI=1S/C16H25N3O2/c1-16(2,3)21-15(20)18-10-12-8-9-19(11-12)14-7-5-4-6-13(14)17/h4-7,12H,8-11,17H2,1-3H3,(H,18,20). The second kappa shape index (κ2) is 6.24. The van der Waals surface area contributed by atoms with E-state index in [0.717, 1.165) is 30.9 Å². The van der Waals surface area contributed by atoms with Crippen LogP contribution in [0.25, 0.3) is 0 Å². The predicted octanol–water partition coefficient (Wildman–Crippen LogP) is 2.62. The van der Waals surface area contributed by atoms with Gasteiger partial charge in [-0.25, -0.2) is 4.79 Å². The molecule has 1 aromatic rings. The van der Waals surface area contributed by atoms with Crippen molar-refractivity contribution in [3.63, 3.8) is 0 Å². The van der Waals surface area contributed by atoms with E-state index in [4.69, 9.17) is 10.5 Å². The van der Waals surface area contributed by atoms with Crippen LogP contribution in [0.3, 0.4) is 0 Å².